The van der Waals surface area contributed by atoms with E-state index in [-0.39, 0.29) is 5.91 Å². The number of benzene rings is 2. The SMILES string of the molecule is CCCN1CC(Nc2c(C#N)cccc2-c2ccc(C)cc2)=CC1=O. The van der Waals surface area contributed by atoms with Crippen LogP contribution in [0.1, 0.15) is 24.5 Å². The number of nitrogens with one attached hydrogen (secondary N) is 1. The van der Waals surface area contributed by atoms with Crippen molar-refractivity contribution >= 4 is 11.6 Å². The Balaban J connectivity index is 1.96. The van der Waals surface area contributed by atoms with Crippen LogP contribution >= 0.6 is 0 Å². The van der Waals surface area contributed by atoms with Crippen LogP contribution in [0.25, 0.3) is 11.1 Å². The van der Waals surface area contributed by atoms with Gasteiger partial charge in [0.25, 0.3) is 0 Å². The van der Waals surface area contributed by atoms with Gasteiger partial charge in [-0.15, -0.1) is 0 Å². The number of hydrogen-bond acceptors (Lipinski definition) is 3. The molecule has 25 heavy (non-hydrogen) atoms. The third kappa shape index (κ3) is 3.56. The molecule has 0 unspecified atom stereocenters. The highest BCUT2D eigenvalue weighted by atomic mass is 16.2. The monoisotopic (exact) mass is 331 g/mol. The zero-order chi connectivity index (χ0) is 17.8. The normalized spacial score (nSPS) is 13.6. The van der Waals surface area contributed by atoms with Crippen LogP contribution in [-0.2, 0) is 4.79 Å². The minimum absolute atomic E-state index is 0.0238. The summed E-state index contributed by atoms with van der Waals surface area (Å²) < 4.78 is 0. The van der Waals surface area contributed by atoms with Gasteiger partial charge in [-0.25, -0.2) is 0 Å². The number of carbonyl (C=O) groups excluding carboxylic acids is 1. The molecule has 0 saturated heterocycles. The van der Waals surface area contributed by atoms with E-state index in [2.05, 4.69) is 42.6 Å². The first-order chi connectivity index (χ1) is 12.1. The van der Waals surface area contributed by atoms with Crippen molar-refractivity contribution in [2.75, 3.05) is 18.4 Å². The molecule has 3 rings (SSSR count). The molecule has 1 aliphatic rings. The maximum absolute atomic E-state index is 12.1. The van der Waals surface area contributed by atoms with Crippen LogP contribution in [0.2, 0.25) is 0 Å². The van der Waals surface area contributed by atoms with Crippen LogP contribution in [0.15, 0.2) is 54.2 Å². The summed E-state index contributed by atoms with van der Waals surface area (Å²) in [6.07, 6.45) is 2.55. The smallest absolute Gasteiger partial charge is 0.248 e. The van der Waals surface area contributed by atoms with Crippen molar-refractivity contribution in [2.24, 2.45) is 0 Å². The number of nitrogens with zero attached hydrogens (tertiary/aromatic N) is 2. The highest BCUT2D eigenvalue weighted by molar-refractivity contribution is 5.93. The van der Waals surface area contributed by atoms with Gasteiger partial charge < -0.3 is 10.2 Å². The molecule has 2 aromatic carbocycles. The number of nitriles is 1. The Kier molecular flexibility index (Phi) is 4.85. The molecule has 126 valence electrons. The lowest BCUT2D eigenvalue weighted by Crippen LogP contribution is -2.27. The maximum atomic E-state index is 12.1. The van der Waals surface area contributed by atoms with Crippen LogP contribution in [0.5, 0.6) is 0 Å². The molecule has 0 saturated carbocycles. The van der Waals surface area contributed by atoms with E-state index in [0.29, 0.717) is 12.1 Å². The predicted molar refractivity (Wildman–Crippen MR) is 99.9 cm³/mol. The van der Waals surface area contributed by atoms with Gasteiger partial charge in [0.1, 0.15) is 6.07 Å². The summed E-state index contributed by atoms with van der Waals surface area (Å²) in [7, 11) is 0. The first kappa shape index (κ1) is 16.8. The zero-order valence-corrected chi connectivity index (χ0v) is 14.5. The standard InChI is InChI=1S/C21H21N3O/c1-3-11-24-14-18(12-20(24)25)23-21-17(13-22)5-4-6-19(21)16-9-7-15(2)8-10-16/h4-10,12,23H,3,11,14H2,1-2H3. The van der Waals surface area contributed by atoms with E-state index < -0.39 is 0 Å². The second kappa shape index (κ2) is 7.23. The summed E-state index contributed by atoms with van der Waals surface area (Å²) in [5.74, 6) is 0.0238. The molecule has 0 fully saturated rings. The van der Waals surface area contributed by atoms with E-state index in [4.69, 9.17) is 0 Å². The summed E-state index contributed by atoms with van der Waals surface area (Å²) in [6, 6.07) is 16.1. The largest absolute Gasteiger partial charge is 0.356 e. The van der Waals surface area contributed by atoms with E-state index >= 15 is 0 Å². The fourth-order valence-electron chi connectivity index (χ4n) is 3.02. The van der Waals surface area contributed by atoms with Gasteiger partial charge in [0.05, 0.1) is 17.8 Å². The topological polar surface area (TPSA) is 56.1 Å². The average molecular weight is 331 g/mol. The number of aryl methyl sites for hydroxylation is 1. The Morgan fingerprint density at radius 1 is 1.20 bits per heavy atom. The van der Waals surface area contributed by atoms with Crippen LogP contribution in [0.4, 0.5) is 5.69 Å². The van der Waals surface area contributed by atoms with Crippen molar-refractivity contribution in [1.29, 1.82) is 5.26 Å². The molecule has 0 radical (unpaired) electrons. The van der Waals surface area contributed by atoms with Gasteiger partial charge in [0, 0.05) is 23.9 Å². The first-order valence-corrected chi connectivity index (χ1v) is 8.49. The van der Waals surface area contributed by atoms with E-state index in [1.165, 1.54) is 5.56 Å². The van der Waals surface area contributed by atoms with Gasteiger partial charge in [0.15, 0.2) is 0 Å². The summed E-state index contributed by atoms with van der Waals surface area (Å²) in [5, 5.41) is 12.8. The molecular weight excluding hydrogens is 310 g/mol. The van der Waals surface area contributed by atoms with Crippen molar-refractivity contribution in [3.63, 3.8) is 0 Å². The minimum Gasteiger partial charge on any atom is -0.356 e. The van der Waals surface area contributed by atoms with E-state index in [9.17, 15) is 10.1 Å². The van der Waals surface area contributed by atoms with Crippen LogP contribution in [-0.4, -0.2) is 23.9 Å². The van der Waals surface area contributed by atoms with E-state index in [1.54, 1.807) is 12.1 Å². The lowest BCUT2D eigenvalue weighted by Gasteiger charge is -2.18. The fraction of sp³-hybridized carbons (Fsp3) is 0.238. The molecule has 0 spiro atoms. The van der Waals surface area contributed by atoms with Gasteiger partial charge >= 0.3 is 0 Å². The van der Waals surface area contributed by atoms with Gasteiger partial charge in [0.2, 0.25) is 5.91 Å². The molecule has 1 heterocycles. The number of hydrogen-bond donors (Lipinski definition) is 1. The lowest BCUT2D eigenvalue weighted by atomic mass is 9.99. The molecular formula is C21H21N3O. The third-order valence-corrected chi connectivity index (χ3v) is 4.30. The van der Waals surface area contributed by atoms with Crippen molar-refractivity contribution in [3.8, 4) is 17.2 Å². The quantitative estimate of drug-likeness (QED) is 0.898. The molecule has 1 aliphatic heterocycles. The Morgan fingerprint density at radius 2 is 1.96 bits per heavy atom. The predicted octanol–water partition coefficient (Wildman–Crippen LogP) is 4.08. The Morgan fingerprint density at radius 3 is 2.64 bits per heavy atom. The summed E-state index contributed by atoms with van der Waals surface area (Å²) >= 11 is 0. The molecule has 4 heteroatoms. The third-order valence-electron chi connectivity index (χ3n) is 4.30. The average Bonchev–Trinajstić information content (AvgIpc) is 2.96. The van der Waals surface area contributed by atoms with Crippen molar-refractivity contribution in [2.45, 2.75) is 20.3 Å². The van der Waals surface area contributed by atoms with Gasteiger partial charge in [-0.1, -0.05) is 48.9 Å². The number of rotatable bonds is 5. The molecule has 1 amide bonds. The molecule has 0 bridgehead atoms. The highest BCUT2D eigenvalue weighted by Gasteiger charge is 2.22. The van der Waals surface area contributed by atoms with E-state index in [1.807, 2.05) is 24.0 Å². The fourth-order valence-corrected chi connectivity index (χ4v) is 3.02. The van der Waals surface area contributed by atoms with Crippen LogP contribution < -0.4 is 5.32 Å². The van der Waals surface area contributed by atoms with Crippen molar-refractivity contribution < 1.29 is 4.79 Å². The second-order valence-corrected chi connectivity index (χ2v) is 6.26. The zero-order valence-electron chi connectivity index (χ0n) is 14.5. The number of para-hydroxylation sites is 1. The summed E-state index contributed by atoms with van der Waals surface area (Å²) in [5.41, 5.74) is 5.34. The van der Waals surface area contributed by atoms with Gasteiger partial charge in [-0.3, -0.25) is 4.79 Å². The van der Waals surface area contributed by atoms with Gasteiger partial charge in [-0.2, -0.15) is 5.26 Å². The molecule has 0 atom stereocenters. The molecule has 0 aromatic heterocycles. The first-order valence-electron chi connectivity index (χ1n) is 8.49. The number of anilines is 1. The molecule has 4 nitrogen and oxygen atoms in total. The van der Waals surface area contributed by atoms with E-state index in [0.717, 1.165) is 35.5 Å². The lowest BCUT2D eigenvalue weighted by molar-refractivity contribution is -0.124. The highest BCUT2D eigenvalue weighted by Crippen LogP contribution is 2.32. The maximum Gasteiger partial charge on any atom is 0.248 e. The van der Waals surface area contributed by atoms with Crippen molar-refractivity contribution in [1.82, 2.24) is 4.90 Å². The summed E-state index contributed by atoms with van der Waals surface area (Å²) in [6.45, 7) is 5.40. The molecule has 1 N–H and O–H groups in total. The van der Waals surface area contributed by atoms with Crippen molar-refractivity contribution in [3.05, 3.63) is 65.4 Å². The molecule has 2 aromatic rings. The van der Waals surface area contributed by atoms with Crippen LogP contribution in [0, 0.1) is 18.3 Å². The Labute approximate surface area is 148 Å². The Bertz CT molecular complexity index is 860. The molecule has 0 aliphatic carbocycles. The van der Waals surface area contributed by atoms with Gasteiger partial charge in [-0.05, 0) is 25.0 Å². The Hall–Kier alpha value is -3.06. The number of carbonyl (C=O) groups is 1. The number of amides is 1. The summed E-state index contributed by atoms with van der Waals surface area (Å²) in [4.78, 5) is 13.9. The van der Waals surface area contributed by atoms with Crippen LogP contribution in [0.3, 0.4) is 0 Å². The minimum atomic E-state index is 0.0238. The second-order valence-electron chi connectivity index (χ2n) is 6.26.